The Morgan fingerprint density at radius 3 is 2.64 bits per heavy atom. The molecule has 0 unspecified atom stereocenters. The van der Waals surface area contributed by atoms with Gasteiger partial charge in [0.05, 0.1) is 18.2 Å². The van der Waals surface area contributed by atoms with Crippen molar-refractivity contribution in [1.29, 1.82) is 0 Å². The minimum absolute atomic E-state index is 0.0546. The van der Waals surface area contributed by atoms with Gasteiger partial charge in [0.1, 0.15) is 5.82 Å². The number of aromatic nitrogens is 1. The van der Waals surface area contributed by atoms with E-state index in [4.69, 9.17) is 0 Å². The maximum absolute atomic E-state index is 13.5. The molecule has 2 heterocycles. The third-order valence-corrected chi connectivity index (χ3v) is 5.31. The number of piperidine rings is 1. The summed E-state index contributed by atoms with van der Waals surface area (Å²) >= 11 is 0. The molecule has 1 fully saturated rings. The van der Waals surface area contributed by atoms with Gasteiger partial charge in [-0.05, 0) is 48.6 Å². The molecule has 1 aromatic heterocycles. The highest BCUT2D eigenvalue weighted by atomic mass is 19.1. The van der Waals surface area contributed by atoms with Gasteiger partial charge >= 0.3 is 0 Å². The number of halogens is 1. The van der Waals surface area contributed by atoms with Crippen molar-refractivity contribution in [3.8, 4) is 11.3 Å². The lowest BCUT2D eigenvalue weighted by Gasteiger charge is -2.36. The maximum Gasteiger partial charge on any atom is 0.227 e. The lowest BCUT2D eigenvalue weighted by Crippen LogP contribution is -2.39. The number of amides is 1. The molecule has 2 aromatic carbocycles. The van der Waals surface area contributed by atoms with Gasteiger partial charge in [-0.15, -0.1) is 0 Å². The molecule has 0 radical (unpaired) electrons. The van der Waals surface area contributed by atoms with Crippen LogP contribution in [0.5, 0.6) is 0 Å². The van der Waals surface area contributed by atoms with E-state index in [-0.39, 0.29) is 17.8 Å². The molecule has 0 bridgehead atoms. The molecular weight excluding hydrogens is 351 g/mol. The topological polar surface area (TPSA) is 33.2 Å². The summed E-state index contributed by atoms with van der Waals surface area (Å²) in [5, 5.41) is 0. The first kappa shape index (κ1) is 18.4. The van der Waals surface area contributed by atoms with Crippen molar-refractivity contribution in [2.75, 3.05) is 6.54 Å². The Kier molecular flexibility index (Phi) is 5.47. The second kappa shape index (κ2) is 8.34. The van der Waals surface area contributed by atoms with E-state index in [1.54, 1.807) is 6.07 Å². The Morgan fingerprint density at radius 2 is 1.89 bits per heavy atom. The summed E-state index contributed by atoms with van der Waals surface area (Å²) in [5.41, 5.74) is 3.58. The van der Waals surface area contributed by atoms with Crippen molar-refractivity contribution in [2.24, 2.45) is 0 Å². The second-order valence-electron chi connectivity index (χ2n) is 7.25. The van der Waals surface area contributed by atoms with Gasteiger partial charge in [-0.25, -0.2) is 4.39 Å². The largest absolute Gasteiger partial charge is 0.335 e. The highest BCUT2D eigenvalue weighted by Gasteiger charge is 2.28. The third-order valence-electron chi connectivity index (χ3n) is 5.31. The number of pyridine rings is 1. The smallest absolute Gasteiger partial charge is 0.227 e. The minimum Gasteiger partial charge on any atom is -0.335 e. The molecule has 0 saturated carbocycles. The van der Waals surface area contributed by atoms with Crippen LogP contribution in [0.25, 0.3) is 11.3 Å². The summed E-state index contributed by atoms with van der Waals surface area (Å²) in [6, 6.07) is 20.3. The van der Waals surface area contributed by atoms with E-state index in [1.807, 2.05) is 59.6 Å². The fourth-order valence-corrected chi connectivity index (χ4v) is 3.87. The van der Waals surface area contributed by atoms with Crippen LogP contribution in [-0.2, 0) is 11.2 Å². The normalized spacial score (nSPS) is 16.8. The molecule has 4 rings (SSSR count). The highest BCUT2D eigenvalue weighted by Crippen LogP contribution is 2.32. The average molecular weight is 374 g/mol. The van der Waals surface area contributed by atoms with Crippen LogP contribution in [0.3, 0.4) is 0 Å². The maximum atomic E-state index is 13.5. The molecule has 4 heteroatoms. The van der Waals surface area contributed by atoms with Crippen molar-refractivity contribution in [3.05, 3.63) is 89.9 Å². The van der Waals surface area contributed by atoms with Crippen LogP contribution in [0.4, 0.5) is 4.39 Å². The Morgan fingerprint density at radius 1 is 1.04 bits per heavy atom. The number of carbonyl (C=O) groups is 1. The van der Waals surface area contributed by atoms with Gasteiger partial charge in [0.2, 0.25) is 5.91 Å². The Labute approximate surface area is 164 Å². The summed E-state index contributed by atoms with van der Waals surface area (Å²) in [6.45, 7) is 0.780. The predicted octanol–water partition coefficient (Wildman–Crippen LogP) is 5.18. The quantitative estimate of drug-likeness (QED) is 0.630. The first-order valence-corrected chi connectivity index (χ1v) is 9.76. The van der Waals surface area contributed by atoms with Crippen LogP contribution in [0.1, 0.15) is 36.4 Å². The van der Waals surface area contributed by atoms with E-state index in [0.29, 0.717) is 6.42 Å². The fraction of sp³-hybridized carbons (Fsp3) is 0.250. The molecule has 0 N–H and O–H groups in total. The van der Waals surface area contributed by atoms with Crippen LogP contribution in [0.15, 0.2) is 72.9 Å². The summed E-state index contributed by atoms with van der Waals surface area (Å²) in [4.78, 5) is 19.5. The minimum atomic E-state index is -0.270. The molecule has 1 amide bonds. The number of hydrogen-bond donors (Lipinski definition) is 0. The molecule has 28 heavy (non-hydrogen) atoms. The molecule has 1 aliphatic heterocycles. The number of rotatable bonds is 4. The van der Waals surface area contributed by atoms with Crippen LogP contribution in [0, 0.1) is 5.82 Å². The summed E-state index contributed by atoms with van der Waals surface area (Å²) < 4.78 is 13.5. The Balaban J connectivity index is 1.53. The number of hydrogen-bond acceptors (Lipinski definition) is 2. The summed E-state index contributed by atoms with van der Waals surface area (Å²) in [5.74, 6) is -0.113. The number of nitrogens with zero attached hydrogens (tertiary/aromatic N) is 2. The summed E-state index contributed by atoms with van der Waals surface area (Å²) in [7, 11) is 0. The van der Waals surface area contributed by atoms with E-state index in [2.05, 4.69) is 4.98 Å². The van der Waals surface area contributed by atoms with Crippen molar-refractivity contribution >= 4 is 5.91 Å². The van der Waals surface area contributed by atoms with Crippen molar-refractivity contribution < 1.29 is 9.18 Å². The molecule has 1 atom stereocenters. The Bertz CT molecular complexity index is 940. The molecule has 142 valence electrons. The molecule has 0 spiro atoms. The van der Waals surface area contributed by atoms with Gasteiger partial charge in [0.25, 0.3) is 0 Å². The third kappa shape index (κ3) is 4.11. The van der Waals surface area contributed by atoms with Gasteiger partial charge in [-0.1, -0.05) is 48.5 Å². The first-order valence-electron chi connectivity index (χ1n) is 9.76. The monoisotopic (exact) mass is 374 g/mol. The van der Waals surface area contributed by atoms with Crippen molar-refractivity contribution in [3.63, 3.8) is 0 Å². The highest BCUT2D eigenvalue weighted by molar-refractivity contribution is 5.79. The zero-order chi connectivity index (χ0) is 19.3. The molecule has 3 aromatic rings. The molecule has 3 nitrogen and oxygen atoms in total. The number of carbonyl (C=O) groups excluding carboxylic acids is 1. The molecule has 1 saturated heterocycles. The van der Waals surface area contributed by atoms with Crippen molar-refractivity contribution in [2.45, 2.75) is 31.7 Å². The first-order chi connectivity index (χ1) is 13.7. The number of benzene rings is 2. The number of likely N-dealkylation sites (tertiary alicyclic amines) is 1. The SMILES string of the molecule is O=C(Cc1ccccc1)N1CCCC[C@H]1c1ccc(-c2cccc(F)c2)nc1. The zero-order valence-corrected chi connectivity index (χ0v) is 15.7. The average Bonchev–Trinajstić information content (AvgIpc) is 2.74. The van der Waals surface area contributed by atoms with E-state index >= 15 is 0 Å². The lowest BCUT2D eigenvalue weighted by atomic mass is 9.95. The molecule has 0 aliphatic carbocycles. The van der Waals surface area contributed by atoms with Gasteiger partial charge in [0, 0.05) is 18.3 Å². The standard InChI is InChI=1S/C24H23FN2O/c25-21-10-6-9-19(16-21)22-13-12-20(17-26-22)23-11-4-5-14-27(23)24(28)15-18-7-2-1-3-8-18/h1-3,6-10,12-13,16-17,23H,4-5,11,14-15H2/t23-/m0/s1. The fourth-order valence-electron chi connectivity index (χ4n) is 3.87. The van der Waals surface area contributed by atoms with E-state index < -0.39 is 0 Å². The summed E-state index contributed by atoms with van der Waals surface area (Å²) in [6.07, 6.45) is 5.34. The van der Waals surface area contributed by atoms with E-state index in [0.717, 1.165) is 48.2 Å². The van der Waals surface area contributed by atoms with E-state index in [9.17, 15) is 9.18 Å². The lowest BCUT2D eigenvalue weighted by molar-refractivity contribution is -0.134. The van der Waals surface area contributed by atoms with Crippen LogP contribution in [-0.4, -0.2) is 22.3 Å². The Hall–Kier alpha value is -3.01. The van der Waals surface area contributed by atoms with E-state index in [1.165, 1.54) is 12.1 Å². The van der Waals surface area contributed by atoms with Crippen LogP contribution < -0.4 is 0 Å². The molecular formula is C24H23FN2O. The molecule has 1 aliphatic rings. The van der Waals surface area contributed by atoms with Crippen LogP contribution in [0.2, 0.25) is 0 Å². The van der Waals surface area contributed by atoms with Gasteiger partial charge in [0.15, 0.2) is 0 Å². The van der Waals surface area contributed by atoms with Gasteiger partial charge in [-0.3, -0.25) is 9.78 Å². The predicted molar refractivity (Wildman–Crippen MR) is 108 cm³/mol. The van der Waals surface area contributed by atoms with Gasteiger partial charge in [-0.2, -0.15) is 0 Å². The zero-order valence-electron chi connectivity index (χ0n) is 15.7. The van der Waals surface area contributed by atoms with Crippen molar-refractivity contribution in [1.82, 2.24) is 9.88 Å². The van der Waals surface area contributed by atoms with Gasteiger partial charge < -0.3 is 4.90 Å². The second-order valence-corrected chi connectivity index (χ2v) is 7.25. The van der Waals surface area contributed by atoms with Crippen LogP contribution >= 0.6 is 0 Å².